The summed E-state index contributed by atoms with van der Waals surface area (Å²) in [5, 5.41) is 0. The fourth-order valence-corrected chi connectivity index (χ4v) is 1.06. The molecule has 2 heterocycles. The standard InChI is InChI=1S/C8H9N5/c1(7-10-3-4-11-7)2-8-12-5-9-6-13-8/h3-6H,1-2H2,(H,10,11). The molecule has 2 aromatic rings. The van der Waals surface area contributed by atoms with Gasteiger partial charge in [0, 0.05) is 25.2 Å². The van der Waals surface area contributed by atoms with Crippen LogP contribution in [0.1, 0.15) is 11.6 Å². The Balaban J connectivity index is 1.94. The van der Waals surface area contributed by atoms with Crippen molar-refractivity contribution in [1.29, 1.82) is 0 Å². The van der Waals surface area contributed by atoms with Gasteiger partial charge in [-0.25, -0.2) is 19.9 Å². The molecule has 0 aliphatic rings. The highest BCUT2D eigenvalue weighted by Crippen LogP contribution is 1.95. The van der Waals surface area contributed by atoms with Crippen LogP contribution in [-0.4, -0.2) is 24.9 Å². The Hall–Kier alpha value is -1.78. The van der Waals surface area contributed by atoms with Crippen molar-refractivity contribution < 1.29 is 0 Å². The summed E-state index contributed by atoms with van der Waals surface area (Å²) in [4.78, 5) is 18.9. The minimum absolute atomic E-state index is 0.788. The first-order valence-electron chi connectivity index (χ1n) is 4.04. The van der Waals surface area contributed by atoms with Gasteiger partial charge in [-0.1, -0.05) is 0 Å². The van der Waals surface area contributed by atoms with Crippen molar-refractivity contribution in [2.75, 3.05) is 0 Å². The number of hydrogen-bond donors (Lipinski definition) is 1. The maximum Gasteiger partial charge on any atom is 0.132 e. The number of H-pyrrole nitrogens is 1. The molecule has 0 saturated carbocycles. The SMILES string of the molecule is c1ncnc(CCc2ncc[nH]2)n1. The molecule has 66 valence electrons. The average Bonchev–Trinajstić information content (AvgIpc) is 2.69. The quantitative estimate of drug-likeness (QED) is 0.732. The van der Waals surface area contributed by atoms with E-state index in [0.717, 1.165) is 24.5 Å². The summed E-state index contributed by atoms with van der Waals surface area (Å²) in [6.07, 6.45) is 8.17. The molecule has 2 aromatic heterocycles. The first-order valence-corrected chi connectivity index (χ1v) is 4.04. The van der Waals surface area contributed by atoms with Crippen LogP contribution in [0.4, 0.5) is 0 Å². The topological polar surface area (TPSA) is 67.3 Å². The molecule has 0 saturated heterocycles. The van der Waals surface area contributed by atoms with Crippen molar-refractivity contribution in [3.8, 4) is 0 Å². The number of nitrogens with one attached hydrogen (secondary N) is 1. The van der Waals surface area contributed by atoms with Gasteiger partial charge in [0.2, 0.25) is 0 Å². The highest BCUT2D eigenvalue weighted by Gasteiger charge is 1.98. The lowest BCUT2D eigenvalue weighted by molar-refractivity contribution is 0.803. The van der Waals surface area contributed by atoms with E-state index in [4.69, 9.17) is 0 Å². The number of aromatic nitrogens is 5. The zero-order valence-electron chi connectivity index (χ0n) is 7.01. The van der Waals surface area contributed by atoms with Gasteiger partial charge in [-0.2, -0.15) is 0 Å². The molecule has 0 aliphatic carbocycles. The number of aromatic amines is 1. The molecule has 0 atom stereocenters. The third-order valence-corrected chi connectivity index (χ3v) is 1.69. The molecule has 0 fully saturated rings. The summed E-state index contributed by atoms with van der Waals surface area (Å²) in [5.74, 6) is 1.76. The van der Waals surface area contributed by atoms with E-state index in [9.17, 15) is 0 Å². The van der Waals surface area contributed by atoms with Crippen LogP contribution < -0.4 is 0 Å². The lowest BCUT2D eigenvalue weighted by Crippen LogP contribution is -1.98. The van der Waals surface area contributed by atoms with Gasteiger partial charge >= 0.3 is 0 Å². The minimum atomic E-state index is 0.788. The fraction of sp³-hybridized carbons (Fsp3) is 0.250. The van der Waals surface area contributed by atoms with Crippen LogP contribution in [-0.2, 0) is 12.8 Å². The van der Waals surface area contributed by atoms with Gasteiger partial charge < -0.3 is 4.98 Å². The highest BCUT2D eigenvalue weighted by atomic mass is 15.0. The monoisotopic (exact) mass is 175 g/mol. The number of nitrogens with zero attached hydrogens (tertiary/aromatic N) is 4. The molecule has 1 N–H and O–H groups in total. The second kappa shape index (κ2) is 3.75. The van der Waals surface area contributed by atoms with E-state index >= 15 is 0 Å². The smallest absolute Gasteiger partial charge is 0.132 e. The molecule has 13 heavy (non-hydrogen) atoms. The number of imidazole rings is 1. The van der Waals surface area contributed by atoms with E-state index in [-0.39, 0.29) is 0 Å². The molecule has 2 rings (SSSR count). The summed E-state index contributed by atoms with van der Waals surface area (Å²) in [6.45, 7) is 0. The Morgan fingerprint density at radius 1 is 1.08 bits per heavy atom. The van der Waals surface area contributed by atoms with Crippen LogP contribution in [0.2, 0.25) is 0 Å². The first-order chi connectivity index (χ1) is 6.45. The van der Waals surface area contributed by atoms with Gasteiger partial charge in [-0.15, -0.1) is 0 Å². The van der Waals surface area contributed by atoms with Gasteiger partial charge in [-0.3, -0.25) is 0 Å². The molecule has 0 aliphatic heterocycles. The van der Waals surface area contributed by atoms with Crippen LogP contribution in [0, 0.1) is 0 Å². The molecule has 0 spiro atoms. The van der Waals surface area contributed by atoms with Gasteiger partial charge in [0.05, 0.1) is 0 Å². The number of rotatable bonds is 3. The summed E-state index contributed by atoms with van der Waals surface area (Å²) in [5.41, 5.74) is 0. The zero-order chi connectivity index (χ0) is 8.93. The molecule has 0 unspecified atom stereocenters. The Morgan fingerprint density at radius 2 is 1.92 bits per heavy atom. The van der Waals surface area contributed by atoms with Gasteiger partial charge in [-0.05, 0) is 0 Å². The van der Waals surface area contributed by atoms with Gasteiger partial charge in [0.1, 0.15) is 24.3 Å². The van der Waals surface area contributed by atoms with Crippen LogP contribution >= 0.6 is 0 Å². The summed E-state index contributed by atoms with van der Waals surface area (Å²) in [6, 6.07) is 0. The maximum absolute atomic E-state index is 4.10. The van der Waals surface area contributed by atoms with E-state index in [0.29, 0.717) is 0 Å². The van der Waals surface area contributed by atoms with Crippen molar-refractivity contribution in [1.82, 2.24) is 24.9 Å². The number of aryl methyl sites for hydroxylation is 2. The van der Waals surface area contributed by atoms with Crippen LogP contribution in [0.5, 0.6) is 0 Å². The Bertz CT molecular complexity index is 342. The van der Waals surface area contributed by atoms with Gasteiger partial charge in [0.25, 0.3) is 0 Å². The predicted molar refractivity (Wildman–Crippen MR) is 45.8 cm³/mol. The van der Waals surface area contributed by atoms with Crippen LogP contribution in [0.15, 0.2) is 25.0 Å². The van der Waals surface area contributed by atoms with E-state index in [1.165, 1.54) is 12.7 Å². The Labute approximate surface area is 75.3 Å². The Morgan fingerprint density at radius 3 is 2.62 bits per heavy atom. The van der Waals surface area contributed by atoms with Crippen molar-refractivity contribution in [2.24, 2.45) is 0 Å². The summed E-state index contributed by atoms with van der Waals surface area (Å²) >= 11 is 0. The lowest BCUT2D eigenvalue weighted by atomic mass is 10.3. The summed E-state index contributed by atoms with van der Waals surface area (Å²) in [7, 11) is 0. The molecule has 0 amide bonds. The van der Waals surface area contributed by atoms with E-state index in [1.807, 2.05) is 6.20 Å². The molecule has 0 aromatic carbocycles. The molecular weight excluding hydrogens is 166 g/mol. The predicted octanol–water partition coefficient (Wildman–Crippen LogP) is 0.380. The second-order valence-electron chi connectivity index (χ2n) is 2.59. The van der Waals surface area contributed by atoms with Crippen molar-refractivity contribution in [2.45, 2.75) is 12.8 Å². The normalized spacial score (nSPS) is 10.2. The largest absolute Gasteiger partial charge is 0.349 e. The zero-order valence-corrected chi connectivity index (χ0v) is 7.01. The molecule has 5 heteroatoms. The molecular formula is C8H9N5. The first kappa shape index (κ1) is 7.85. The van der Waals surface area contributed by atoms with Gasteiger partial charge in [0.15, 0.2) is 0 Å². The molecule has 0 bridgehead atoms. The summed E-state index contributed by atoms with van der Waals surface area (Å²) < 4.78 is 0. The molecule has 5 nitrogen and oxygen atoms in total. The average molecular weight is 175 g/mol. The minimum Gasteiger partial charge on any atom is -0.349 e. The third-order valence-electron chi connectivity index (χ3n) is 1.69. The van der Waals surface area contributed by atoms with E-state index in [2.05, 4.69) is 24.9 Å². The Kier molecular flexibility index (Phi) is 2.26. The van der Waals surface area contributed by atoms with Crippen molar-refractivity contribution in [3.63, 3.8) is 0 Å². The van der Waals surface area contributed by atoms with Crippen molar-refractivity contribution >= 4 is 0 Å². The highest BCUT2D eigenvalue weighted by molar-refractivity contribution is 4.92. The van der Waals surface area contributed by atoms with Crippen LogP contribution in [0.25, 0.3) is 0 Å². The third kappa shape index (κ3) is 2.08. The van der Waals surface area contributed by atoms with Crippen LogP contribution in [0.3, 0.4) is 0 Å². The van der Waals surface area contributed by atoms with E-state index < -0.39 is 0 Å². The fourth-order valence-electron chi connectivity index (χ4n) is 1.06. The maximum atomic E-state index is 4.10. The van der Waals surface area contributed by atoms with Crippen molar-refractivity contribution in [3.05, 3.63) is 36.7 Å². The number of hydrogen-bond acceptors (Lipinski definition) is 4. The molecule has 0 radical (unpaired) electrons. The van der Waals surface area contributed by atoms with E-state index in [1.54, 1.807) is 6.20 Å². The lowest BCUT2D eigenvalue weighted by Gasteiger charge is -1.95. The second-order valence-corrected chi connectivity index (χ2v) is 2.59.